The predicted molar refractivity (Wildman–Crippen MR) is 98.6 cm³/mol. The van der Waals surface area contributed by atoms with Gasteiger partial charge in [0.15, 0.2) is 0 Å². The average Bonchev–Trinajstić information content (AvgIpc) is 3.30. The van der Waals surface area contributed by atoms with Gasteiger partial charge in [-0.1, -0.05) is 18.2 Å². The number of hydrogen-bond acceptors (Lipinski definition) is 5. The van der Waals surface area contributed by atoms with Crippen LogP contribution in [-0.4, -0.2) is 67.0 Å². The van der Waals surface area contributed by atoms with Crippen LogP contribution < -0.4 is 10.9 Å². The summed E-state index contributed by atoms with van der Waals surface area (Å²) in [4.78, 5) is 14.4. The van der Waals surface area contributed by atoms with Gasteiger partial charge >= 0.3 is 0 Å². The zero-order chi connectivity index (χ0) is 17.9. The van der Waals surface area contributed by atoms with Gasteiger partial charge in [0.05, 0.1) is 25.9 Å². The lowest BCUT2D eigenvalue weighted by atomic mass is 10.1. The molecule has 1 aromatic heterocycles. The molecule has 2 fully saturated rings. The van der Waals surface area contributed by atoms with Gasteiger partial charge in [0.2, 0.25) is 5.91 Å². The Morgan fingerprint density at radius 2 is 2.15 bits per heavy atom. The molecule has 4 rings (SSSR count). The fourth-order valence-electron chi connectivity index (χ4n) is 3.74. The third kappa shape index (κ3) is 3.76. The zero-order valence-electron chi connectivity index (χ0n) is 15.1. The lowest BCUT2D eigenvalue weighted by molar-refractivity contribution is -0.138. The number of benzene rings is 1. The van der Waals surface area contributed by atoms with Crippen LogP contribution in [0, 0.1) is 0 Å². The van der Waals surface area contributed by atoms with E-state index >= 15 is 0 Å². The fraction of sp³-hybridized carbons (Fsp3) is 0.526. The van der Waals surface area contributed by atoms with E-state index in [0.29, 0.717) is 26.4 Å². The molecule has 26 heavy (non-hydrogen) atoms. The summed E-state index contributed by atoms with van der Waals surface area (Å²) in [7, 11) is 1.83. The van der Waals surface area contributed by atoms with Crippen molar-refractivity contribution in [1.29, 1.82) is 0 Å². The van der Waals surface area contributed by atoms with Crippen molar-refractivity contribution in [2.45, 2.75) is 31.2 Å². The number of carbonyl (C=O) groups is 1. The molecule has 0 bridgehead atoms. The molecule has 3 heterocycles. The van der Waals surface area contributed by atoms with Crippen LogP contribution >= 0.6 is 0 Å². The third-order valence-corrected chi connectivity index (χ3v) is 5.12. The number of nitrogens with zero attached hydrogens (tertiary/aromatic N) is 2. The molecule has 0 spiro atoms. The summed E-state index contributed by atoms with van der Waals surface area (Å²) in [6, 6.07) is 10.5. The molecule has 1 aromatic carbocycles. The van der Waals surface area contributed by atoms with E-state index < -0.39 is 0 Å². The number of rotatable bonds is 5. The van der Waals surface area contributed by atoms with E-state index in [0.717, 1.165) is 13.0 Å². The SMILES string of the molecule is CN(CC1COCCO1)C(=O)C1CC(Cn2ccc3ccccc32)NN1. The highest BCUT2D eigenvalue weighted by atomic mass is 16.6. The van der Waals surface area contributed by atoms with Crippen molar-refractivity contribution in [3.63, 3.8) is 0 Å². The summed E-state index contributed by atoms with van der Waals surface area (Å²) in [6.45, 7) is 3.18. The Morgan fingerprint density at radius 1 is 1.27 bits per heavy atom. The minimum absolute atomic E-state index is 0.0332. The van der Waals surface area contributed by atoms with Gasteiger partial charge in [0.1, 0.15) is 6.04 Å². The Labute approximate surface area is 153 Å². The molecule has 140 valence electrons. The Bertz CT molecular complexity index is 756. The Kier molecular flexibility index (Phi) is 5.21. The second-order valence-electron chi connectivity index (χ2n) is 7.09. The van der Waals surface area contributed by atoms with Crippen molar-refractivity contribution in [3.8, 4) is 0 Å². The van der Waals surface area contributed by atoms with Crippen LogP contribution in [0.25, 0.3) is 10.9 Å². The van der Waals surface area contributed by atoms with Crippen molar-refractivity contribution in [1.82, 2.24) is 20.3 Å². The molecule has 3 atom stereocenters. The molecule has 2 N–H and O–H groups in total. The van der Waals surface area contributed by atoms with Crippen molar-refractivity contribution in [2.75, 3.05) is 33.4 Å². The monoisotopic (exact) mass is 358 g/mol. The van der Waals surface area contributed by atoms with Gasteiger partial charge in [-0.15, -0.1) is 0 Å². The van der Waals surface area contributed by atoms with Gasteiger partial charge in [-0.25, -0.2) is 5.43 Å². The predicted octanol–water partition coefficient (Wildman–Crippen LogP) is 0.750. The van der Waals surface area contributed by atoms with E-state index in [2.05, 4.69) is 45.9 Å². The first-order valence-corrected chi connectivity index (χ1v) is 9.20. The van der Waals surface area contributed by atoms with E-state index in [1.807, 2.05) is 13.1 Å². The van der Waals surface area contributed by atoms with Gasteiger partial charge < -0.3 is 18.9 Å². The molecular formula is C19H26N4O3. The van der Waals surface area contributed by atoms with Crippen LogP contribution in [0.1, 0.15) is 6.42 Å². The van der Waals surface area contributed by atoms with Crippen LogP contribution in [0.2, 0.25) is 0 Å². The van der Waals surface area contributed by atoms with Gasteiger partial charge in [-0.3, -0.25) is 10.2 Å². The summed E-state index contributed by atoms with van der Waals surface area (Å²) >= 11 is 0. The van der Waals surface area contributed by atoms with E-state index in [4.69, 9.17) is 9.47 Å². The van der Waals surface area contributed by atoms with Gasteiger partial charge in [-0.2, -0.15) is 0 Å². The number of likely N-dealkylation sites (N-methyl/N-ethyl adjacent to an activating group) is 1. The number of hydrazine groups is 1. The molecule has 0 saturated carbocycles. The molecule has 3 unspecified atom stereocenters. The Morgan fingerprint density at radius 3 is 3.00 bits per heavy atom. The van der Waals surface area contributed by atoms with E-state index in [1.54, 1.807) is 4.90 Å². The first-order chi connectivity index (χ1) is 12.7. The van der Waals surface area contributed by atoms with Gasteiger partial charge in [0, 0.05) is 37.9 Å². The number of carbonyl (C=O) groups excluding carboxylic acids is 1. The number of fused-ring (bicyclic) bond motifs is 1. The van der Waals surface area contributed by atoms with E-state index in [-0.39, 0.29) is 24.1 Å². The van der Waals surface area contributed by atoms with E-state index in [1.165, 1.54) is 10.9 Å². The normalized spacial score (nSPS) is 26.3. The first-order valence-electron chi connectivity index (χ1n) is 9.20. The van der Waals surface area contributed by atoms with Crippen LogP contribution in [0.3, 0.4) is 0 Å². The highest BCUT2D eigenvalue weighted by Crippen LogP contribution is 2.18. The topological polar surface area (TPSA) is 67.8 Å². The molecule has 2 aromatic rings. The smallest absolute Gasteiger partial charge is 0.240 e. The van der Waals surface area contributed by atoms with Gasteiger partial charge in [0.25, 0.3) is 0 Å². The number of amides is 1. The zero-order valence-corrected chi connectivity index (χ0v) is 15.1. The molecule has 7 heteroatoms. The summed E-state index contributed by atoms with van der Waals surface area (Å²) in [6.07, 6.45) is 2.83. The van der Waals surface area contributed by atoms with Crippen LogP contribution in [0.15, 0.2) is 36.5 Å². The Hall–Kier alpha value is -1.93. The molecule has 0 aliphatic carbocycles. The summed E-state index contributed by atoms with van der Waals surface area (Å²) in [5, 5.41) is 1.24. The lowest BCUT2D eigenvalue weighted by Crippen LogP contribution is -2.48. The maximum atomic E-state index is 12.7. The maximum Gasteiger partial charge on any atom is 0.240 e. The highest BCUT2D eigenvalue weighted by Gasteiger charge is 2.32. The molecule has 0 radical (unpaired) electrons. The number of ether oxygens (including phenoxy) is 2. The molecule has 1 amide bonds. The van der Waals surface area contributed by atoms with Crippen molar-refractivity contribution in [3.05, 3.63) is 36.5 Å². The third-order valence-electron chi connectivity index (χ3n) is 5.12. The fourth-order valence-corrected chi connectivity index (χ4v) is 3.74. The number of hydrogen-bond donors (Lipinski definition) is 2. The minimum Gasteiger partial charge on any atom is -0.376 e. The number of aromatic nitrogens is 1. The number of para-hydroxylation sites is 1. The Balaban J connectivity index is 1.32. The maximum absolute atomic E-state index is 12.7. The first kappa shape index (κ1) is 17.5. The van der Waals surface area contributed by atoms with Crippen molar-refractivity contribution in [2.24, 2.45) is 0 Å². The summed E-state index contributed by atoms with van der Waals surface area (Å²) in [5.41, 5.74) is 7.65. The quantitative estimate of drug-likeness (QED) is 0.826. The lowest BCUT2D eigenvalue weighted by Gasteiger charge is -2.28. The van der Waals surface area contributed by atoms with Crippen molar-refractivity contribution < 1.29 is 14.3 Å². The van der Waals surface area contributed by atoms with Crippen LogP contribution in [0.5, 0.6) is 0 Å². The molecule has 2 aliphatic rings. The van der Waals surface area contributed by atoms with Crippen LogP contribution in [-0.2, 0) is 20.8 Å². The standard InChI is InChI=1S/C19H26N4O3/c1-22(12-16-13-25-8-9-26-16)19(24)17-10-15(20-21-17)11-23-7-6-14-4-2-3-5-18(14)23/h2-7,15-17,20-21H,8-13H2,1H3. The van der Waals surface area contributed by atoms with Crippen LogP contribution in [0.4, 0.5) is 0 Å². The minimum atomic E-state index is -0.212. The molecule has 7 nitrogen and oxygen atoms in total. The highest BCUT2D eigenvalue weighted by molar-refractivity contribution is 5.82. The molecular weight excluding hydrogens is 332 g/mol. The van der Waals surface area contributed by atoms with E-state index in [9.17, 15) is 4.79 Å². The van der Waals surface area contributed by atoms with Crippen molar-refractivity contribution >= 4 is 16.8 Å². The second-order valence-corrected chi connectivity index (χ2v) is 7.09. The van der Waals surface area contributed by atoms with Gasteiger partial charge in [-0.05, 0) is 23.9 Å². The largest absolute Gasteiger partial charge is 0.376 e. The molecule has 2 saturated heterocycles. The second kappa shape index (κ2) is 7.75. The molecule has 2 aliphatic heterocycles. The summed E-state index contributed by atoms with van der Waals surface area (Å²) in [5.74, 6) is 0.0894. The summed E-state index contributed by atoms with van der Waals surface area (Å²) < 4.78 is 13.3. The number of nitrogens with one attached hydrogen (secondary N) is 2. The average molecular weight is 358 g/mol.